The van der Waals surface area contributed by atoms with Crippen LogP contribution in [0.15, 0.2) is 18.5 Å². The monoisotopic (exact) mass is 249 g/mol. The minimum atomic E-state index is -0.947. The van der Waals surface area contributed by atoms with E-state index in [4.69, 9.17) is 0 Å². The first-order valence-corrected chi connectivity index (χ1v) is 5.90. The summed E-state index contributed by atoms with van der Waals surface area (Å²) in [4.78, 5) is 24.9. The predicted octanol–water partition coefficient (Wildman–Crippen LogP) is 0.802. The van der Waals surface area contributed by atoms with Crippen molar-refractivity contribution in [2.45, 2.75) is 25.8 Å². The number of carboxylic acid groups (broad SMARTS) is 1. The van der Waals surface area contributed by atoms with E-state index < -0.39 is 12.0 Å². The molecular weight excluding hydrogens is 234 g/mol. The maximum Gasteiger partial charge on any atom is 0.326 e. The Balaban J connectivity index is 2.20. The Morgan fingerprint density at radius 2 is 2.22 bits per heavy atom. The summed E-state index contributed by atoms with van der Waals surface area (Å²) in [7, 11) is 0. The molecule has 1 aliphatic heterocycles. The molecule has 1 aromatic heterocycles. The summed E-state index contributed by atoms with van der Waals surface area (Å²) in [5, 5.41) is 16.4. The van der Waals surface area contributed by atoms with Crippen molar-refractivity contribution >= 4 is 11.9 Å². The third kappa shape index (κ3) is 2.47. The van der Waals surface area contributed by atoms with Crippen molar-refractivity contribution in [3.63, 3.8) is 0 Å². The van der Waals surface area contributed by atoms with Crippen LogP contribution < -0.4 is 0 Å². The van der Waals surface area contributed by atoms with E-state index >= 15 is 0 Å². The van der Waals surface area contributed by atoms with Crippen molar-refractivity contribution in [1.82, 2.24) is 15.1 Å². The number of hydrogen-bond donors (Lipinski definition) is 1. The zero-order valence-electron chi connectivity index (χ0n) is 10.1. The van der Waals surface area contributed by atoms with Gasteiger partial charge < -0.3 is 10.0 Å². The lowest BCUT2D eigenvalue weighted by molar-refractivity contribution is -0.144. The molecule has 2 heterocycles. The van der Waals surface area contributed by atoms with Crippen LogP contribution in [0.3, 0.4) is 0 Å². The van der Waals surface area contributed by atoms with Crippen LogP contribution in [0.4, 0.5) is 0 Å². The van der Waals surface area contributed by atoms with Gasteiger partial charge in [-0.3, -0.25) is 4.79 Å². The highest BCUT2D eigenvalue weighted by Crippen LogP contribution is 2.24. The van der Waals surface area contributed by atoms with Gasteiger partial charge >= 0.3 is 5.97 Å². The average molecular weight is 249 g/mol. The molecule has 0 bridgehead atoms. The van der Waals surface area contributed by atoms with Gasteiger partial charge in [0.25, 0.3) is 5.91 Å². The Morgan fingerprint density at radius 3 is 2.83 bits per heavy atom. The number of rotatable bonds is 2. The molecule has 1 N–H and O–H groups in total. The van der Waals surface area contributed by atoms with Crippen molar-refractivity contribution in [2.24, 2.45) is 5.92 Å². The Morgan fingerprint density at radius 1 is 1.44 bits per heavy atom. The maximum atomic E-state index is 12.2. The van der Waals surface area contributed by atoms with Crippen LogP contribution in [0.25, 0.3) is 0 Å². The molecule has 1 aliphatic rings. The molecule has 2 unspecified atom stereocenters. The molecule has 6 nitrogen and oxygen atoms in total. The third-order valence-corrected chi connectivity index (χ3v) is 3.24. The Hall–Kier alpha value is -1.98. The fourth-order valence-electron chi connectivity index (χ4n) is 2.20. The van der Waals surface area contributed by atoms with E-state index in [2.05, 4.69) is 10.2 Å². The van der Waals surface area contributed by atoms with Crippen LogP contribution in [0.1, 0.15) is 30.1 Å². The number of aliphatic carboxylic acids is 1. The molecule has 0 spiro atoms. The SMILES string of the molecule is CC1CCN(C(=O)c2ccnnc2)C(C(=O)O)C1. The number of carbonyl (C=O) groups excluding carboxylic acids is 1. The highest BCUT2D eigenvalue weighted by molar-refractivity contribution is 5.96. The van der Waals surface area contributed by atoms with Crippen LogP contribution in [0.2, 0.25) is 0 Å². The van der Waals surface area contributed by atoms with Crippen LogP contribution in [-0.4, -0.2) is 44.7 Å². The molecule has 0 saturated carbocycles. The van der Waals surface area contributed by atoms with Crippen molar-refractivity contribution in [3.8, 4) is 0 Å². The molecule has 1 amide bonds. The zero-order valence-corrected chi connectivity index (χ0v) is 10.1. The fraction of sp³-hybridized carbons (Fsp3) is 0.500. The van der Waals surface area contributed by atoms with Gasteiger partial charge in [-0.25, -0.2) is 4.79 Å². The summed E-state index contributed by atoms with van der Waals surface area (Å²) in [6.45, 7) is 2.48. The van der Waals surface area contributed by atoms with Crippen molar-refractivity contribution in [1.29, 1.82) is 0 Å². The summed E-state index contributed by atoms with van der Waals surface area (Å²) >= 11 is 0. The van der Waals surface area contributed by atoms with E-state index in [1.165, 1.54) is 17.3 Å². The minimum absolute atomic E-state index is 0.288. The van der Waals surface area contributed by atoms with E-state index in [1.807, 2.05) is 6.92 Å². The predicted molar refractivity (Wildman–Crippen MR) is 62.9 cm³/mol. The van der Waals surface area contributed by atoms with Gasteiger partial charge in [0.2, 0.25) is 0 Å². The summed E-state index contributed by atoms with van der Waals surface area (Å²) < 4.78 is 0. The van der Waals surface area contributed by atoms with E-state index in [9.17, 15) is 14.7 Å². The van der Waals surface area contributed by atoms with Gasteiger partial charge in [-0.2, -0.15) is 10.2 Å². The number of hydrogen-bond acceptors (Lipinski definition) is 4. The smallest absolute Gasteiger partial charge is 0.326 e. The second-order valence-electron chi connectivity index (χ2n) is 4.61. The third-order valence-electron chi connectivity index (χ3n) is 3.24. The molecule has 1 aromatic rings. The fourth-order valence-corrected chi connectivity index (χ4v) is 2.20. The van der Waals surface area contributed by atoms with Gasteiger partial charge in [-0.05, 0) is 24.8 Å². The number of carbonyl (C=O) groups is 2. The minimum Gasteiger partial charge on any atom is -0.480 e. The number of likely N-dealkylation sites (tertiary alicyclic amines) is 1. The van der Waals surface area contributed by atoms with Crippen molar-refractivity contribution < 1.29 is 14.7 Å². The first-order chi connectivity index (χ1) is 8.59. The van der Waals surface area contributed by atoms with Gasteiger partial charge in [0.15, 0.2) is 0 Å². The molecule has 0 aromatic carbocycles. The van der Waals surface area contributed by atoms with Crippen LogP contribution in [0.5, 0.6) is 0 Å². The van der Waals surface area contributed by atoms with Gasteiger partial charge in [0, 0.05) is 6.54 Å². The molecular formula is C12H15N3O3. The summed E-state index contributed by atoms with van der Waals surface area (Å²) in [6.07, 6.45) is 4.11. The molecule has 6 heteroatoms. The molecule has 18 heavy (non-hydrogen) atoms. The molecule has 0 aliphatic carbocycles. The summed E-state index contributed by atoms with van der Waals surface area (Å²) in [5.41, 5.74) is 0.380. The lowest BCUT2D eigenvalue weighted by Crippen LogP contribution is -2.49. The van der Waals surface area contributed by atoms with Gasteiger partial charge in [-0.15, -0.1) is 0 Å². The van der Waals surface area contributed by atoms with Crippen molar-refractivity contribution in [3.05, 3.63) is 24.0 Å². The molecule has 2 atom stereocenters. The van der Waals surface area contributed by atoms with E-state index in [1.54, 1.807) is 6.07 Å². The highest BCUT2D eigenvalue weighted by atomic mass is 16.4. The molecule has 1 saturated heterocycles. The van der Waals surface area contributed by atoms with Gasteiger partial charge in [-0.1, -0.05) is 6.92 Å². The first kappa shape index (κ1) is 12.5. The van der Waals surface area contributed by atoms with E-state index in [-0.39, 0.29) is 5.91 Å². The molecule has 2 rings (SSSR count). The maximum absolute atomic E-state index is 12.2. The first-order valence-electron chi connectivity index (χ1n) is 5.90. The normalized spacial score (nSPS) is 23.7. The number of carboxylic acids is 1. The quantitative estimate of drug-likeness (QED) is 0.838. The second kappa shape index (κ2) is 5.12. The Bertz CT molecular complexity index is 449. The van der Waals surface area contributed by atoms with Crippen LogP contribution in [-0.2, 0) is 4.79 Å². The number of nitrogens with zero attached hydrogens (tertiary/aromatic N) is 3. The lowest BCUT2D eigenvalue weighted by Gasteiger charge is -2.35. The van der Waals surface area contributed by atoms with E-state index in [0.29, 0.717) is 24.4 Å². The Kier molecular flexibility index (Phi) is 3.55. The largest absolute Gasteiger partial charge is 0.480 e. The number of aromatic nitrogens is 2. The second-order valence-corrected chi connectivity index (χ2v) is 4.61. The topological polar surface area (TPSA) is 83.4 Å². The molecule has 1 fully saturated rings. The van der Waals surface area contributed by atoms with Crippen LogP contribution >= 0.6 is 0 Å². The average Bonchev–Trinajstić information content (AvgIpc) is 2.39. The van der Waals surface area contributed by atoms with Gasteiger partial charge in [0.1, 0.15) is 6.04 Å². The summed E-state index contributed by atoms with van der Waals surface area (Å²) in [5.74, 6) is -0.910. The molecule has 0 radical (unpaired) electrons. The van der Waals surface area contributed by atoms with E-state index in [0.717, 1.165) is 6.42 Å². The highest BCUT2D eigenvalue weighted by Gasteiger charge is 2.35. The molecule has 96 valence electrons. The van der Waals surface area contributed by atoms with Crippen LogP contribution in [0, 0.1) is 5.92 Å². The lowest BCUT2D eigenvalue weighted by atomic mass is 9.92. The summed E-state index contributed by atoms with van der Waals surface area (Å²) in [6, 6.07) is 0.807. The number of piperidine rings is 1. The Labute approximate surface area is 105 Å². The van der Waals surface area contributed by atoms with Crippen molar-refractivity contribution in [2.75, 3.05) is 6.54 Å². The standard InChI is InChI=1S/C12H15N3O3/c1-8-3-5-15(10(6-8)12(17)18)11(16)9-2-4-13-14-7-9/h2,4,7-8,10H,3,5-6H2,1H3,(H,17,18). The number of amides is 1. The zero-order chi connectivity index (χ0) is 13.1. The van der Waals surface area contributed by atoms with Gasteiger partial charge in [0.05, 0.1) is 18.0 Å².